The second kappa shape index (κ2) is 8.69. The molecule has 2 aromatic carbocycles. The molecule has 0 bridgehead atoms. The van der Waals surface area contributed by atoms with Gasteiger partial charge in [-0.25, -0.2) is 0 Å². The third-order valence-electron chi connectivity index (χ3n) is 6.64. The zero-order chi connectivity index (χ0) is 21.2. The van der Waals surface area contributed by atoms with Crippen molar-refractivity contribution in [2.45, 2.75) is 50.5 Å². The molecule has 2 aromatic rings. The van der Waals surface area contributed by atoms with E-state index >= 15 is 0 Å². The number of rotatable bonds is 6. The number of hydrogen-bond acceptors (Lipinski definition) is 5. The van der Waals surface area contributed by atoms with Crippen molar-refractivity contribution in [3.05, 3.63) is 47.5 Å². The number of piperidine rings is 1. The Kier molecular flexibility index (Phi) is 5.62. The zero-order valence-corrected chi connectivity index (χ0v) is 17.9. The van der Waals surface area contributed by atoms with Crippen LogP contribution in [0.2, 0.25) is 0 Å². The normalized spacial score (nSPS) is 22.9. The molecule has 164 valence electrons. The Labute approximate surface area is 182 Å². The molecule has 5 rings (SSSR count). The SMILES string of the molecule is COc1ccc([C@H]2CNC(=O)[C@H](Cc3ccc4c(c3)OCO4)C2)cc1OC1CCCC1. The number of fused-ring (bicyclic) bond motifs is 1. The third-order valence-corrected chi connectivity index (χ3v) is 6.64. The van der Waals surface area contributed by atoms with Gasteiger partial charge in [0.05, 0.1) is 13.2 Å². The molecule has 0 radical (unpaired) electrons. The van der Waals surface area contributed by atoms with Crippen molar-refractivity contribution in [3.8, 4) is 23.0 Å². The zero-order valence-electron chi connectivity index (χ0n) is 17.9. The topological polar surface area (TPSA) is 66.0 Å². The maximum atomic E-state index is 12.6. The molecule has 2 aliphatic heterocycles. The van der Waals surface area contributed by atoms with E-state index in [1.54, 1.807) is 7.11 Å². The van der Waals surface area contributed by atoms with Gasteiger partial charge in [0.15, 0.2) is 23.0 Å². The van der Waals surface area contributed by atoms with Crippen LogP contribution in [0, 0.1) is 5.92 Å². The van der Waals surface area contributed by atoms with Crippen LogP contribution in [0.5, 0.6) is 23.0 Å². The number of carbonyl (C=O) groups excluding carboxylic acids is 1. The Morgan fingerprint density at radius 2 is 1.87 bits per heavy atom. The second-order valence-corrected chi connectivity index (χ2v) is 8.70. The van der Waals surface area contributed by atoms with E-state index < -0.39 is 0 Å². The number of nitrogens with one attached hydrogen (secondary N) is 1. The highest BCUT2D eigenvalue weighted by Gasteiger charge is 2.31. The van der Waals surface area contributed by atoms with Gasteiger partial charge < -0.3 is 24.3 Å². The summed E-state index contributed by atoms with van der Waals surface area (Å²) in [6.07, 6.45) is 6.41. The summed E-state index contributed by atoms with van der Waals surface area (Å²) in [4.78, 5) is 12.6. The molecule has 1 aliphatic carbocycles. The van der Waals surface area contributed by atoms with Crippen LogP contribution >= 0.6 is 0 Å². The molecule has 1 saturated carbocycles. The van der Waals surface area contributed by atoms with Crippen molar-refractivity contribution < 1.29 is 23.7 Å². The highest BCUT2D eigenvalue weighted by Crippen LogP contribution is 2.38. The van der Waals surface area contributed by atoms with Crippen LogP contribution < -0.4 is 24.3 Å². The first kappa shape index (κ1) is 20.0. The van der Waals surface area contributed by atoms with Crippen molar-refractivity contribution in [1.29, 1.82) is 0 Å². The fourth-order valence-corrected chi connectivity index (χ4v) is 4.91. The molecule has 6 heteroatoms. The highest BCUT2D eigenvalue weighted by molar-refractivity contribution is 5.80. The fourth-order valence-electron chi connectivity index (χ4n) is 4.91. The molecule has 2 heterocycles. The quantitative estimate of drug-likeness (QED) is 0.754. The predicted octanol–water partition coefficient (Wildman–Crippen LogP) is 4.21. The van der Waals surface area contributed by atoms with E-state index in [2.05, 4.69) is 17.4 Å². The summed E-state index contributed by atoms with van der Waals surface area (Å²) in [6.45, 7) is 0.902. The van der Waals surface area contributed by atoms with Crippen LogP contribution in [0.1, 0.15) is 49.1 Å². The molecule has 6 nitrogen and oxygen atoms in total. The fraction of sp³-hybridized carbons (Fsp3) is 0.480. The van der Waals surface area contributed by atoms with E-state index in [-0.39, 0.29) is 30.6 Å². The average molecular weight is 424 g/mol. The number of amides is 1. The van der Waals surface area contributed by atoms with E-state index in [9.17, 15) is 4.79 Å². The van der Waals surface area contributed by atoms with Gasteiger partial charge in [-0.1, -0.05) is 12.1 Å². The van der Waals surface area contributed by atoms with Gasteiger partial charge in [-0.15, -0.1) is 0 Å². The molecule has 1 N–H and O–H groups in total. The van der Waals surface area contributed by atoms with Gasteiger partial charge in [0, 0.05) is 18.4 Å². The van der Waals surface area contributed by atoms with Crippen molar-refractivity contribution in [3.63, 3.8) is 0 Å². The molecule has 31 heavy (non-hydrogen) atoms. The van der Waals surface area contributed by atoms with Crippen LogP contribution in [-0.2, 0) is 11.2 Å². The summed E-state index contributed by atoms with van der Waals surface area (Å²) >= 11 is 0. The summed E-state index contributed by atoms with van der Waals surface area (Å²) in [7, 11) is 1.68. The van der Waals surface area contributed by atoms with Gasteiger partial charge in [-0.05, 0) is 73.9 Å². The largest absolute Gasteiger partial charge is 0.493 e. The van der Waals surface area contributed by atoms with Gasteiger partial charge in [0.1, 0.15) is 0 Å². The van der Waals surface area contributed by atoms with Crippen LogP contribution in [0.25, 0.3) is 0 Å². The maximum absolute atomic E-state index is 12.6. The lowest BCUT2D eigenvalue weighted by molar-refractivity contribution is -0.126. The summed E-state index contributed by atoms with van der Waals surface area (Å²) in [6, 6.07) is 12.1. The lowest BCUT2D eigenvalue weighted by atomic mass is 9.82. The lowest BCUT2D eigenvalue weighted by Gasteiger charge is -2.30. The van der Waals surface area contributed by atoms with E-state index in [0.29, 0.717) is 13.0 Å². The minimum Gasteiger partial charge on any atom is -0.493 e. The molecule has 3 aliphatic rings. The van der Waals surface area contributed by atoms with Crippen molar-refractivity contribution in [1.82, 2.24) is 5.32 Å². The van der Waals surface area contributed by atoms with Crippen molar-refractivity contribution in [2.75, 3.05) is 20.4 Å². The number of ether oxygens (including phenoxy) is 4. The van der Waals surface area contributed by atoms with Gasteiger partial charge in [0.25, 0.3) is 0 Å². The Balaban J connectivity index is 1.31. The standard InChI is InChI=1S/C25H29NO5/c1-28-21-9-7-17(13-24(21)31-20-4-2-3-5-20)19-12-18(25(27)26-14-19)10-16-6-8-22-23(11-16)30-15-29-22/h6-9,11,13,18-20H,2-5,10,12,14-15H2,1H3,(H,26,27)/t18-,19-/m1/s1. The van der Waals surface area contributed by atoms with Crippen LogP contribution in [-0.4, -0.2) is 32.5 Å². The Hall–Kier alpha value is -2.89. The number of hydrogen-bond donors (Lipinski definition) is 1. The molecular weight excluding hydrogens is 394 g/mol. The molecule has 0 unspecified atom stereocenters. The monoisotopic (exact) mass is 423 g/mol. The highest BCUT2D eigenvalue weighted by atomic mass is 16.7. The molecule has 0 spiro atoms. The van der Waals surface area contributed by atoms with Crippen LogP contribution in [0.3, 0.4) is 0 Å². The Morgan fingerprint density at radius 1 is 1.03 bits per heavy atom. The molecule has 2 fully saturated rings. The summed E-state index contributed by atoms with van der Waals surface area (Å²) in [5.41, 5.74) is 2.27. The second-order valence-electron chi connectivity index (χ2n) is 8.70. The van der Waals surface area contributed by atoms with Gasteiger partial charge in [-0.3, -0.25) is 4.79 Å². The molecule has 2 atom stereocenters. The Bertz CT molecular complexity index is 953. The van der Waals surface area contributed by atoms with Gasteiger partial charge in [-0.2, -0.15) is 0 Å². The lowest BCUT2D eigenvalue weighted by Crippen LogP contribution is -2.41. The average Bonchev–Trinajstić information content (AvgIpc) is 3.47. The van der Waals surface area contributed by atoms with Crippen LogP contribution in [0.15, 0.2) is 36.4 Å². The minimum atomic E-state index is -0.0829. The van der Waals surface area contributed by atoms with Gasteiger partial charge in [0.2, 0.25) is 12.7 Å². The van der Waals surface area contributed by atoms with Crippen molar-refractivity contribution in [2.24, 2.45) is 5.92 Å². The summed E-state index contributed by atoms with van der Waals surface area (Å²) < 4.78 is 22.7. The van der Waals surface area contributed by atoms with Crippen LogP contribution in [0.4, 0.5) is 0 Å². The molecule has 0 aromatic heterocycles. The van der Waals surface area contributed by atoms with Gasteiger partial charge >= 0.3 is 0 Å². The first-order chi connectivity index (χ1) is 15.2. The number of methoxy groups -OCH3 is 1. The van der Waals surface area contributed by atoms with E-state index in [1.807, 2.05) is 24.3 Å². The molecule has 1 saturated heterocycles. The van der Waals surface area contributed by atoms with E-state index in [4.69, 9.17) is 18.9 Å². The number of carbonyl (C=O) groups is 1. The molecular formula is C25H29NO5. The predicted molar refractivity (Wildman–Crippen MR) is 116 cm³/mol. The van der Waals surface area contributed by atoms with E-state index in [0.717, 1.165) is 47.8 Å². The first-order valence-corrected chi connectivity index (χ1v) is 11.2. The minimum absolute atomic E-state index is 0.0829. The summed E-state index contributed by atoms with van der Waals surface area (Å²) in [5, 5.41) is 3.11. The first-order valence-electron chi connectivity index (χ1n) is 11.2. The maximum Gasteiger partial charge on any atom is 0.231 e. The van der Waals surface area contributed by atoms with Crippen molar-refractivity contribution >= 4 is 5.91 Å². The van der Waals surface area contributed by atoms with E-state index in [1.165, 1.54) is 18.4 Å². The summed E-state index contributed by atoms with van der Waals surface area (Å²) in [5.74, 6) is 3.39. The molecule has 1 amide bonds. The Morgan fingerprint density at radius 3 is 2.71 bits per heavy atom. The number of benzene rings is 2. The smallest absolute Gasteiger partial charge is 0.231 e. The third kappa shape index (κ3) is 4.29.